The van der Waals surface area contributed by atoms with Crippen LogP contribution >= 0.6 is 0 Å². The first-order valence-electron chi connectivity index (χ1n) is 4.41. The van der Waals surface area contributed by atoms with Gasteiger partial charge in [-0.3, -0.25) is 0 Å². The highest BCUT2D eigenvalue weighted by atomic mass is 16.3. The molecule has 1 aromatic rings. The van der Waals surface area contributed by atoms with E-state index in [0.29, 0.717) is 5.75 Å². The number of phenolic OH excluding ortho intramolecular Hbond substituents is 1. The summed E-state index contributed by atoms with van der Waals surface area (Å²) in [6.45, 7) is 9.86. The Labute approximate surface area is 79.7 Å². The summed E-state index contributed by atoms with van der Waals surface area (Å²) in [7, 11) is 0. The van der Waals surface area contributed by atoms with Crippen LogP contribution in [-0.4, -0.2) is 5.11 Å². The maximum Gasteiger partial charge on any atom is 0.119 e. The first-order chi connectivity index (χ1) is 5.97. The quantitative estimate of drug-likeness (QED) is 0.686. The molecule has 1 N–H and O–H groups in total. The minimum atomic E-state index is -0.171. The molecule has 1 aromatic carbocycles. The van der Waals surface area contributed by atoms with Crippen molar-refractivity contribution in [3.63, 3.8) is 0 Å². The molecule has 0 radical (unpaired) electrons. The van der Waals surface area contributed by atoms with Crippen LogP contribution < -0.4 is 0 Å². The third-order valence-corrected chi connectivity index (χ3v) is 2.36. The zero-order valence-corrected chi connectivity index (χ0v) is 8.46. The van der Waals surface area contributed by atoms with Crippen LogP contribution in [0.4, 0.5) is 0 Å². The summed E-state index contributed by atoms with van der Waals surface area (Å²) in [5.74, 6) is 0.343. The van der Waals surface area contributed by atoms with Crippen LogP contribution in [0.3, 0.4) is 0 Å². The second-order valence-electron chi connectivity index (χ2n) is 3.95. The lowest BCUT2D eigenvalue weighted by molar-refractivity contribution is 0.455. The van der Waals surface area contributed by atoms with Crippen molar-refractivity contribution >= 4 is 0 Å². The van der Waals surface area contributed by atoms with Crippen LogP contribution in [0.5, 0.6) is 5.75 Å². The van der Waals surface area contributed by atoms with Gasteiger partial charge in [-0.15, -0.1) is 6.58 Å². The number of hydrogen-bond donors (Lipinski definition) is 1. The molecule has 1 rings (SSSR count). The van der Waals surface area contributed by atoms with E-state index in [-0.39, 0.29) is 5.41 Å². The molecule has 0 atom stereocenters. The standard InChI is InChI=1S/C12H16O/c1-5-12(3,4)10-8-9(2)6-7-11(10)13/h5-8,13H,1H2,2-4H3. The maximum absolute atomic E-state index is 9.65. The van der Waals surface area contributed by atoms with Gasteiger partial charge < -0.3 is 5.11 Å². The lowest BCUT2D eigenvalue weighted by Gasteiger charge is -2.21. The average Bonchev–Trinajstić information content (AvgIpc) is 2.09. The van der Waals surface area contributed by atoms with Gasteiger partial charge in [0.1, 0.15) is 5.75 Å². The first-order valence-corrected chi connectivity index (χ1v) is 4.41. The van der Waals surface area contributed by atoms with Gasteiger partial charge in [0.25, 0.3) is 0 Å². The van der Waals surface area contributed by atoms with Gasteiger partial charge in [-0.2, -0.15) is 0 Å². The molecule has 1 nitrogen and oxygen atoms in total. The van der Waals surface area contributed by atoms with Crippen LogP contribution in [0.2, 0.25) is 0 Å². The van der Waals surface area contributed by atoms with E-state index < -0.39 is 0 Å². The third kappa shape index (κ3) is 1.92. The molecule has 0 aliphatic carbocycles. The Morgan fingerprint density at radius 2 is 2.00 bits per heavy atom. The molecule has 0 saturated carbocycles. The minimum absolute atomic E-state index is 0.171. The normalized spacial score (nSPS) is 11.3. The van der Waals surface area contributed by atoms with Crippen LogP contribution in [-0.2, 0) is 5.41 Å². The molecule has 13 heavy (non-hydrogen) atoms. The van der Waals surface area contributed by atoms with Crippen LogP contribution in [0.15, 0.2) is 30.9 Å². The molecule has 70 valence electrons. The molecule has 0 aliphatic rings. The fraction of sp³-hybridized carbons (Fsp3) is 0.333. The summed E-state index contributed by atoms with van der Waals surface area (Å²) in [4.78, 5) is 0. The summed E-state index contributed by atoms with van der Waals surface area (Å²) in [5, 5.41) is 9.65. The Morgan fingerprint density at radius 1 is 1.38 bits per heavy atom. The number of allylic oxidation sites excluding steroid dienone is 1. The second kappa shape index (κ2) is 3.25. The largest absolute Gasteiger partial charge is 0.508 e. The molecule has 0 amide bonds. The lowest BCUT2D eigenvalue weighted by atomic mass is 9.83. The third-order valence-electron chi connectivity index (χ3n) is 2.36. The zero-order valence-electron chi connectivity index (χ0n) is 8.46. The van der Waals surface area contributed by atoms with Crippen molar-refractivity contribution < 1.29 is 5.11 Å². The monoisotopic (exact) mass is 176 g/mol. The summed E-state index contributed by atoms with van der Waals surface area (Å²) in [6, 6.07) is 5.63. The highest BCUT2D eigenvalue weighted by Crippen LogP contribution is 2.32. The van der Waals surface area contributed by atoms with Gasteiger partial charge in [0, 0.05) is 11.0 Å². The van der Waals surface area contributed by atoms with E-state index >= 15 is 0 Å². The smallest absolute Gasteiger partial charge is 0.119 e. The Hall–Kier alpha value is -1.24. The van der Waals surface area contributed by atoms with Crippen molar-refractivity contribution in [3.8, 4) is 5.75 Å². The van der Waals surface area contributed by atoms with E-state index in [1.165, 1.54) is 0 Å². The highest BCUT2D eigenvalue weighted by Gasteiger charge is 2.19. The minimum Gasteiger partial charge on any atom is -0.508 e. The van der Waals surface area contributed by atoms with Crippen molar-refractivity contribution in [1.29, 1.82) is 0 Å². The van der Waals surface area contributed by atoms with Gasteiger partial charge in [-0.25, -0.2) is 0 Å². The maximum atomic E-state index is 9.65. The van der Waals surface area contributed by atoms with Crippen molar-refractivity contribution in [2.45, 2.75) is 26.2 Å². The molecule has 0 fully saturated rings. The topological polar surface area (TPSA) is 20.2 Å². The van der Waals surface area contributed by atoms with E-state index in [0.717, 1.165) is 11.1 Å². The first kappa shape index (κ1) is 9.85. The van der Waals surface area contributed by atoms with Crippen molar-refractivity contribution in [2.24, 2.45) is 0 Å². The van der Waals surface area contributed by atoms with Crippen LogP contribution in [0.25, 0.3) is 0 Å². The molecule has 0 unspecified atom stereocenters. The molecule has 0 spiro atoms. The van der Waals surface area contributed by atoms with Gasteiger partial charge in [0.15, 0.2) is 0 Å². The fourth-order valence-corrected chi connectivity index (χ4v) is 1.28. The number of benzene rings is 1. The average molecular weight is 176 g/mol. The van der Waals surface area contributed by atoms with E-state index in [1.807, 2.05) is 39.0 Å². The van der Waals surface area contributed by atoms with Crippen LogP contribution in [0, 0.1) is 6.92 Å². The van der Waals surface area contributed by atoms with Crippen molar-refractivity contribution in [3.05, 3.63) is 42.0 Å². The zero-order chi connectivity index (χ0) is 10.1. The lowest BCUT2D eigenvalue weighted by Crippen LogP contribution is -2.13. The van der Waals surface area contributed by atoms with Crippen molar-refractivity contribution in [2.75, 3.05) is 0 Å². The predicted octanol–water partition coefficient (Wildman–Crippen LogP) is 3.16. The molecule has 0 saturated heterocycles. The Morgan fingerprint density at radius 3 is 2.54 bits per heavy atom. The summed E-state index contributed by atoms with van der Waals surface area (Å²) in [6.07, 6.45) is 1.85. The summed E-state index contributed by atoms with van der Waals surface area (Å²) >= 11 is 0. The fourth-order valence-electron chi connectivity index (χ4n) is 1.28. The highest BCUT2D eigenvalue weighted by molar-refractivity contribution is 5.42. The van der Waals surface area contributed by atoms with Gasteiger partial charge in [0.2, 0.25) is 0 Å². The Kier molecular flexibility index (Phi) is 2.46. The van der Waals surface area contributed by atoms with Gasteiger partial charge in [-0.1, -0.05) is 37.6 Å². The number of aryl methyl sites for hydroxylation is 1. The van der Waals surface area contributed by atoms with E-state index in [1.54, 1.807) is 6.07 Å². The molecular weight excluding hydrogens is 160 g/mol. The van der Waals surface area contributed by atoms with Crippen molar-refractivity contribution in [1.82, 2.24) is 0 Å². The Bertz CT molecular complexity index is 324. The molecule has 0 aliphatic heterocycles. The van der Waals surface area contributed by atoms with Gasteiger partial charge in [0.05, 0.1) is 0 Å². The van der Waals surface area contributed by atoms with E-state index in [9.17, 15) is 5.11 Å². The molecule has 1 heteroatoms. The number of phenols is 1. The van der Waals surface area contributed by atoms with Crippen LogP contribution in [0.1, 0.15) is 25.0 Å². The number of hydrogen-bond acceptors (Lipinski definition) is 1. The van der Waals surface area contributed by atoms with Gasteiger partial charge in [-0.05, 0) is 13.0 Å². The SMILES string of the molecule is C=CC(C)(C)c1cc(C)ccc1O. The predicted molar refractivity (Wildman–Crippen MR) is 56.1 cm³/mol. The summed E-state index contributed by atoms with van der Waals surface area (Å²) < 4.78 is 0. The molecule has 0 heterocycles. The van der Waals surface area contributed by atoms with E-state index in [4.69, 9.17) is 0 Å². The number of aromatic hydroxyl groups is 1. The second-order valence-corrected chi connectivity index (χ2v) is 3.95. The van der Waals surface area contributed by atoms with E-state index in [2.05, 4.69) is 6.58 Å². The van der Waals surface area contributed by atoms with Gasteiger partial charge >= 0.3 is 0 Å². The number of rotatable bonds is 2. The Balaban J connectivity index is 3.28. The molecule has 0 aromatic heterocycles. The molecular formula is C12H16O. The molecule has 0 bridgehead atoms. The summed E-state index contributed by atoms with van der Waals surface area (Å²) in [5.41, 5.74) is 1.92.